The van der Waals surface area contributed by atoms with Crippen LogP contribution in [0.15, 0.2) is 0 Å². The number of piperidine rings is 1. The number of thiol groups is 1. The molecule has 0 aliphatic carbocycles. The Morgan fingerprint density at radius 1 is 1.23 bits per heavy atom. The van der Waals surface area contributed by atoms with Gasteiger partial charge in [-0.15, -0.1) is 4.41 Å². The largest absolute Gasteiger partial charge is 0.350 e. The molecule has 0 spiro atoms. The van der Waals surface area contributed by atoms with E-state index in [1.54, 1.807) is 0 Å². The number of carbonyl (C=O) groups excluding carboxylic acids is 1. The van der Waals surface area contributed by atoms with E-state index in [4.69, 9.17) is 5.73 Å². The molecule has 2 N–H and O–H groups in total. The lowest BCUT2D eigenvalue weighted by Crippen LogP contribution is -2.50. The molecule has 7 heteroatoms. The van der Waals surface area contributed by atoms with Gasteiger partial charge in [0.2, 0.25) is 10.9 Å². The molecule has 1 aliphatic rings. The van der Waals surface area contributed by atoms with Crippen LogP contribution in [-0.2, 0) is 10.9 Å². The number of hydrogen-bond donors (Lipinski definition) is 2. The summed E-state index contributed by atoms with van der Waals surface area (Å²) in [7, 11) is -2.94. The molecule has 1 rings (SSSR count). The highest BCUT2D eigenvalue weighted by Gasteiger charge is 2.22. The van der Waals surface area contributed by atoms with Crippen molar-refractivity contribution in [2.24, 2.45) is 5.73 Å². The van der Waals surface area contributed by atoms with Gasteiger partial charge >= 0.3 is 6.03 Å². The molecule has 1 fully saturated rings. The van der Waals surface area contributed by atoms with Gasteiger partial charge in [0.25, 0.3) is 0 Å². The van der Waals surface area contributed by atoms with Gasteiger partial charge in [-0.05, 0) is 12.8 Å². The highest BCUT2D eigenvalue weighted by atomic mass is 32.2. The van der Waals surface area contributed by atoms with Crippen molar-refractivity contribution in [1.82, 2.24) is 9.42 Å². The number of rotatable bonds is 2. The maximum atomic E-state index is 10.8. The van der Waals surface area contributed by atoms with Crippen LogP contribution >= 0.6 is 0 Å². The fraction of sp³-hybridized carbons (Fsp3) is 0.833. The van der Waals surface area contributed by atoms with Gasteiger partial charge in [-0.2, -0.15) is 0 Å². The third kappa shape index (κ3) is 2.56. The Kier molecular flexibility index (Phi) is 3.49. The molecule has 1 heterocycles. The minimum absolute atomic E-state index is 0.576. The van der Waals surface area contributed by atoms with Crippen molar-refractivity contribution in [2.45, 2.75) is 19.3 Å². The number of hydrogen-bond acceptors (Lipinski definition) is 4. The van der Waals surface area contributed by atoms with E-state index in [1.807, 2.05) is 0 Å². The third-order valence-corrected chi connectivity index (χ3v) is 2.71. The molecule has 0 radical (unpaired) electrons. The van der Waals surface area contributed by atoms with Crippen LogP contribution in [0.4, 0.5) is 4.79 Å². The highest BCUT2D eigenvalue weighted by Crippen LogP contribution is 2.11. The predicted molar refractivity (Wildman–Crippen MR) is 47.2 cm³/mol. The van der Waals surface area contributed by atoms with E-state index in [2.05, 4.69) is 0 Å². The van der Waals surface area contributed by atoms with E-state index in [9.17, 15) is 13.2 Å². The summed E-state index contributed by atoms with van der Waals surface area (Å²) >= 11 is 0. The summed E-state index contributed by atoms with van der Waals surface area (Å²) in [5, 5.41) is 1.47. The summed E-state index contributed by atoms with van der Waals surface area (Å²) in [6.07, 6.45) is 2.86. The Morgan fingerprint density at radius 3 is 2.15 bits per heavy atom. The van der Waals surface area contributed by atoms with E-state index in [1.165, 1.54) is 5.01 Å². The van der Waals surface area contributed by atoms with Gasteiger partial charge in [0.1, 0.15) is 0 Å². The van der Waals surface area contributed by atoms with E-state index < -0.39 is 16.9 Å². The molecule has 0 bridgehead atoms. The van der Waals surface area contributed by atoms with Crippen LogP contribution in [-0.4, -0.2) is 37.0 Å². The average Bonchev–Trinajstić information content (AvgIpc) is 2.04. The first-order chi connectivity index (χ1) is 6.13. The molecule has 6 nitrogen and oxygen atoms in total. The lowest BCUT2D eigenvalue weighted by molar-refractivity contribution is 0.0723. The van der Waals surface area contributed by atoms with Crippen molar-refractivity contribution in [3.8, 4) is 0 Å². The zero-order valence-electron chi connectivity index (χ0n) is 7.18. The second kappa shape index (κ2) is 4.43. The van der Waals surface area contributed by atoms with Crippen LogP contribution in [0.2, 0.25) is 0 Å². The third-order valence-electron chi connectivity index (χ3n) is 1.95. The normalized spacial score (nSPS) is 18.8. The second-order valence-corrected chi connectivity index (χ2v) is 3.73. The SMILES string of the molecule is NC(=O)N(N1CCCCC1)[SH](=O)=O. The van der Waals surface area contributed by atoms with Crippen LogP contribution in [0.3, 0.4) is 0 Å². The first-order valence-corrected chi connectivity index (χ1v) is 5.24. The Balaban J connectivity index is 2.68. The predicted octanol–water partition coefficient (Wildman–Crippen LogP) is -0.706. The van der Waals surface area contributed by atoms with Gasteiger partial charge in [-0.3, -0.25) is 0 Å². The molecular formula is C6H13N3O3S. The minimum atomic E-state index is -2.94. The van der Waals surface area contributed by atoms with Gasteiger partial charge in [-0.1, -0.05) is 6.42 Å². The molecule has 1 saturated heterocycles. The number of primary amides is 1. The van der Waals surface area contributed by atoms with Gasteiger partial charge in [0, 0.05) is 13.1 Å². The molecule has 0 unspecified atom stereocenters. The summed E-state index contributed by atoms with van der Waals surface area (Å²) in [6, 6.07) is -0.932. The number of amides is 2. The maximum Gasteiger partial charge on any atom is 0.343 e. The number of hydrazine groups is 1. The van der Waals surface area contributed by atoms with Crippen molar-refractivity contribution in [1.29, 1.82) is 0 Å². The molecule has 0 aromatic rings. The summed E-state index contributed by atoms with van der Waals surface area (Å²) < 4.78 is 21.9. The van der Waals surface area contributed by atoms with E-state index in [0.717, 1.165) is 19.3 Å². The Bertz CT molecular complexity index is 252. The zero-order valence-corrected chi connectivity index (χ0v) is 8.07. The van der Waals surface area contributed by atoms with Crippen molar-refractivity contribution in [2.75, 3.05) is 13.1 Å². The summed E-state index contributed by atoms with van der Waals surface area (Å²) in [4.78, 5) is 10.8. The van der Waals surface area contributed by atoms with E-state index in [-0.39, 0.29) is 0 Å². The van der Waals surface area contributed by atoms with Crippen molar-refractivity contribution < 1.29 is 13.2 Å². The first-order valence-electron chi connectivity index (χ1n) is 4.11. The first kappa shape index (κ1) is 10.3. The molecule has 0 atom stereocenters. The monoisotopic (exact) mass is 207 g/mol. The number of nitrogens with two attached hydrogens (primary N) is 1. The van der Waals surface area contributed by atoms with Crippen LogP contribution in [0, 0.1) is 0 Å². The maximum absolute atomic E-state index is 10.8. The van der Waals surface area contributed by atoms with Crippen LogP contribution in [0.25, 0.3) is 0 Å². The topological polar surface area (TPSA) is 83.7 Å². The van der Waals surface area contributed by atoms with Crippen molar-refractivity contribution in [3.05, 3.63) is 0 Å². The van der Waals surface area contributed by atoms with Crippen molar-refractivity contribution >= 4 is 16.9 Å². The van der Waals surface area contributed by atoms with Crippen molar-refractivity contribution in [3.63, 3.8) is 0 Å². The smallest absolute Gasteiger partial charge is 0.343 e. The minimum Gasteiger partial charge on any atom is -0.350 e. The van der Waals surface area contributed by atoms with Crippen LogP contribution in [0.1, 0.15) is 19.3 Å². The molecule has 76 valence electrons. The molecule has 13 heavy (non-hydrogen) atoms. The van der Waals surface area contributed by atoms with E-state index in [0.29, 0.717) is 17.5 Å². The standard InChI is InChI=1S/C6H13N3O3S/c7-6(10)9(13(11)12)8-4-2-1-3-5-8/h13H,1-5H2,(H2,7,10). The molecule has 0 saturated carbocycles. The lowest BCUT2D eigenvalue weighted by atomic mass is 10.2. The average molecular weight is 207 g/mol. The molecule has 0 aromatic carbocycles. The Labute approximate surface area is 78.3 Å². The highest BCUT2D eigenvalue weighted by molar-refractivity contribution is 7.70. The molecular weight excluding hydrogens is 194 g/mol. The quantitative estimate of drug-likeness (QED) is 0.586. The zero-order chi connectivity index (χ0) is 9.84. The summed E-state index contributed by atoms with van der Waals surface area (Å²) in [5.41, 5.74) is 4.93. The van der Waals surface area contributed by atoms with Gasteiger partial charge in [-0.25, -0.2) is 18.2 Å². The fourth-order valence-electron chi connectivity index (χ4n) is 1.39. The molecule has 2 amide bonds. The molecule has 1 aliphatic heterocycles. The number of carbonyl (C=O) groups is 1. The Morgan fingerprint density at radius 2 is 1.77 bits per heavy atom. The van der Waals surface area contributed by atoms with Gasteiger partial charge in [0.05, 0.1) is 0 Å². The second-order valence-electron chi connectivity index (χ2n) is 2.88. The Hall–Kier alpha value is -0.820. The van der Waals surface area contributed by atoms with Gasteiger partial charge < -0.3 is 5.73 Å². The van der Waals surface area contributed by atoms with Crippen LogP contribution < -0.4 is 5.73 Å². The van der Waals surface area contributed by atoms with Crippen LogP contribution in [0.5, 0.6) is 0 Å². The number of nitrogens with zero attached hydrogens (tertiary/aromatic N) is 2. The summed E-state index contributed by atoms with van der Waals surface area (Å²) in [5.74, 6) is 0. The molecule has 0 aromatic heterocycles. The fourth-order valence-corrected chi connectivity index (χ4v) is 1.94. The lowest BCUT2D eigenvalue weighted by Gasteiger charge is -2.31. The van der Waals surface area contributed by atoms with Gasteiger partial charge in [0.15, 0.2) is 0 Å². The van der Waals surface area contributed by atoms with E-state index >= 15 is 0 Å². The number of urea groups is 1. The summed E-state index contributed by atoms with van der Waals surface area (Å²) in [6.45, 7) is 1.15.